The summed E-state index contributed by atoms with van der Waals surface area (Å²) >= 11 is 1.82. The Balaban J connectivity index is 1.40. The molecule has 0 spiro atoms. The highest BCUT2D eigenvalue weighted by Crippen LogP contribution is 2.49. The van der Waals surface area contributed by atoms with E-state index < -0.39 is 0 Å². The maximum atomic E-state index is 4.72. The van der Waals surface area contributed by atoms with E-state index >= 15 is 0 Å². The largest absolute Gasteiger partial charge is 0.308 e. The van der Waals surface area contributed by atoms with E-state index in [2.05, 4.69) is 36.5 Å². The van der Waals surface area contributed by atoms with Gasteiger partial charge in [-0.25, -0.2) is 4.98 Å². The molecule has 2 bridgehead atoms. The van der Waals surface area contributed by atoms with Crippen LogP contribution in [0.3, 0.4) is 0 Å². The van der Waals surface area contributed by atoms with Crippen LogP contribution in [0.5, 0.6) is 0 Å². The highest BCUT2D eigenvalue weighted by atomic mass is 32.1. The summed E-state index contributed by atoms with van der Waals surface area (Å²) in [5, 5.41) is 4.96. The lowest BCUT2D eigenvalue weighted by atomic mass is 9.84. The van der Waals surface area contributed by atoms with E-state index in [1.54, 1.807) is 0 Å². The van der Waals surface area contributed by atoms with E-state index in [1.807, 2.05) is 11.3 Å². The van der Waals surface area contributed by atoms with E-state index in [9.17, 15) is 0 Å². The maximum Gasteiger partial charge on any atom is 0.108 e. The molecular formula is C17H22N2S. The molecule has 4 atom stereocenters. The lowest BCUT2D eigenvalue weighted by Crippen LogP contribution is -2.35. The first-order valence-electron chi connectivity index (χ1n) is 7.87. The van der Waals surface area contributed by atoms with Crippen LogP contribution in [0.15, 0.2) is 24.3 Å². The van der Waals surface area contributed by atoms with Gasteiger partial charge in [-0.05, 0) is 56.1 Å². The Morgan fingerprint density at radius 1 is 1.30 bits per heavy atom. The first-order valence-corrected chi connectivity index (χ1v) is 8.69. The predicted octanol–water partition coefficient (Wildman–Crippen LogP) is 4.21. The fourth-order valence-corrected chi connectivity index (χ4v) is 5.22. The molecule has 0 amide bonds. The molecule has 0 aliphatic heterocycles. The van der Waals surface area contributed by atoms with Gasteiger partial charge in [0.05, 0.1) is 10.2 Å². The molecule has 4 rings (SSSR count). The molecule has 20 heavy (non-hydrogen) atoms. The van der Waals surface area contributed by atoms with Crippen molar-refractivity contribution in [2.45, 2.75) is 45.2 Å². The van der Waals surface area contributed by atoms with E-state index in [0.717, 1.165) is 29.8 Å². The second-order valence-corrected chi connectivity index (χ2v) is 7.70. The molecule has 2 saturated carbocycles. The first-order chi connectivity index (χ1) is 9.79. The van der Waals surface area contributed by atoms with E-state index in [4.69, 9.17) is 4.98 Å². The van der Waals surface area contributed by atoms with Crippen molar-refractivity contribution in [1.82, 2.24) is 10.3 Å². The third kappa shape index (κ3) is 2.27. The zero-order chi connectivity index (χ0) is 13.5. The van der Waals surface area contributed by atoms with Crippen molar-refractivity contribution >= 4 is 21.6 Å². The molecule has 0 radical (unpaired) electrons. The zero-order valence-electron chi connectivity index (χ0n) is 12.0. The molecule has 2 aromatic rings. The fourth-order valence-electron chi connectivity index (χ4n) is 4.30. The Morgan fingerprint density at radius 2 is 2.20 bits per heavy atom. The number of nitrogens with zero attached hydrogens (tertiary/aromatic N) is 1. The summed E-state index contributed by atoms with van der Waals surface area (Å²) in [5.41, 5.74) is 1.14. The second-order valence-electron chi connectivity index (χ2n) is 6.58. The molecule has 2 aliphatic carbocycles. The third-order valence-electron chi connectivity index (χ3n) is 5.35. The second kappa shape index (κ2) is 5.12. The molecule has 1 heterocycles. The summed E-state index contributed by atoms with van der Waals surface area (Å²) in [7, 11) is 0. The Bertz CT molecular complexity index is 573. The number of aromatic nitrogens is 1. The fraction of sp³-hybridized carbons (Fsp3) is 0.588. The van der Waals surface area contributed by atoms with Crippen LogP contribution in [0.25, 0.3) is 10.2 Å². The van der Waals surface area contributed by atoms with Gasteiger partial charge < -0.3 is 5.32 Å². The summed E-state index contributed by atoms with van der Waals surface area (Å²) in [6.45, 7) is 3.30. The molecule has 106 valence electrons. The molecule has 3 heteroatoms. The number of rotatable bonds is 4. The van der Waals surface area contributed by atoms with Gasteiger partial charge in [-0.3, -0.25) is 0 Å². The third-order valence-corrected chi connectivity index (χ3v) is 6.38. The SMILES string of the molecule is CC(NCc1nc2ccccc2s1)C1CC2CCC1C2. The zero-order valence-corrected chi connectivity index (χ0v) is 12.8. The number of nitrogens with one attached hydrogen (secondary N) is 1. The van der Waals surface area contributed by atoms with Crippen molar-refractivity contribution in [1.29, 1.82) is 0 Å². The Kier molecular flexibility index (Phi) is 3.27. The minimum Gasteiger partial charge on any atom is -0.308 e. The number of thiazole rings is 1. The van der Waals surface area contributed by atoms with Crippen LogP contribution in [0.1, 0.15) is 37.6 Å². The van der Waals surface area contributed by atoms with E-state index in [0.29, 0.717) is 6.04 Å². The Hall–Kier alpha value is -0.930. The summed E-state index contributed by atoms with van der Waals surface area (Å²) < 4.78 is 1.30. The maximum absolute atomic E-state index is 4.72. The van der Waals surface area contributed by atoms with Gasteiger partial charge in [-0.15, -0.1) is 11.3 Å². The smallest absolute Gasteiger partial charge is 0.108 e. The van der Waals surface area contributed by atoms with Crippen LogP contribution in [-0.2, 0) is 6.54 Å². The Labute approximate surface area is 124 Å². The molecule has 2 fully saturated rings. The van der Waals surface area contributed by atoms with Crippen molar-refractivity contribution in [2.24, 2.45) is 17.8 Å². The standard InChI is InChI=1S/C17H22N2S/c1-11(14-9-12-6-7-13(14)8-12)18-10-17-19-15-4-2-3-5-16(15)20-17/h2-5,11-14,18H,6-10H2,1H3. The number of fused-ring (bicyclic) bond motifs is 3. The summed E-state index contributed by atoms with van der Waals surface area (Å²) in [4.78, 5) is 4.72. The van der Waals surface area contributed by atoms with E-state index in [-0.39, 0.29) is 0 Å². The molecule has 1 aromatic heterocycles. The van der Waals surface area contributed by atoms with Crippen molar-refractivity contribution < 1.29 is 0 Å². The molecule has 2 nitrogen and oxygen atoms in total. The monoisotopic (exact) mass is 286 g/mol. The van der Waals surface area contributed by atoms with Crippen LogP contribution in [0.4, 0.5) is 0 Å². The quantitative estimate of drug-likeness (QED) is 0.910. The minimum atomic E-state index is 0.636. The molecule has 0 saturated heterocycles. The number of para-hydroxylation sites is 1. The number of hydrogen-bond donors (Lipinski definition) is 1. The van der Waals surface area contributed by atoms with Gasteiger partial charge in [0.2, 0.25) is 0 Å². The van der Waals surface area contributed by atoms with Crippen LogP contribution in [0, 0.1) is 17.8 Å². The lowest BCUT2D eigenvalue weighted by molar-refractivity contribution is 0.259. The van der Waals surface area contributed by atoms with Gasteiger partial charge in [0, 0.05) is 12.6 Å². The lowest BCUT2D eigenvalue weighted by Gasteiger charge is -2.28. The van der Waals surface area contributed by atoms with Crippen molar-refractivity contribution in [3.63, 3.8) is 0 Å². The van der Waals surface area contributed by atoms with Gasteiger partial charge in [0.1, 0.15) is 5.01 Å². The Morgan fingerprint density at radius 3 is 2.95 bits per heavy atom. The highest BCUT2D eigenvalue weighted by molar-refractivity contribution is 7.18. The number of hydrogen-bond acceptors (Lipinski definition) is 3. The van der Waals surface area contributed by atoms with Crippen LogP contribution in [0.2, 0.25) is 0 Å². The van der Waals surface area contributed by atoms with E-state index in [1.165, 1.54) is 35.4 Å². The molecule has 1 aromatic carbocycles. The van der Waals surface area contributed by atoms with Gasteiger partial charge >= 0.3 is 0 Å². The van der Waals surface area contributed by atoms with Crippen LogP contribution in [-0.4, -0.2) is 11.0 Å². The van der Waals surface area contributed by atoms with Crippen molar-refractivity contribution in [2.75, 3.05) is 0 Å². The van der Waals surface area contributed by atoms with Crippen molar-refractivity contribution in [3.05, 3.63) is 29.3 Å². The van der Waals surface area contributed by atoms with Gasteiger partial charge in [-0.2, -0.15) is 0 Å². The molecule has 1 N–H and O–H groups in total. The first kappa shape index (κ1) is 12.8. The predicted molar refractivity (Wildman–Crippen MR) is 84.9 cm³/mol. The molecule has 4 unspecified atom stereocenters. The summed E-state index contributed by atoms with van der Waals surface area (Å²) in [6, 6.07) is 9.06. The average Bonchev–Trinajstić information content (AvgIpc) is 3.18. The summed E-state index contributed by atoms with van der Waals surface area (Å²) in [5.74, 6) is 2.94. The topological polar surface area (TPSA) is 24.9 Å². The minimum absolute atomic E-state index is 0.636. The van der Waals surface area contributed by atoms with Gasteiger partial charge in [-0.1, -0.05) is 18.6 Å². The highest BCUT2D eigenvalue weighted by Gasteiger charge is 2.41. The van der Waals surface area contributed by atoms with Crippen molar-refractivity contribution in [3.8, 4) is 0 Å². The van der Waals surface area contributed by atoms with Crippen LogP contribution < -0.4 is 5.32 Å². The number of benzene rings is 1. The van der Waals surface area contributed by atoms with Gasteiger partial charge in [0.15, 0.2) is 0 Å². The summed E-state index contributed by atoms with van der Waals surface area (Å²) in [6.07, 6.45) is 5.92. The van der Waals surface area contributed by atoms with Crippen LogP contribution >= 0.6 is 11.3 Å². The van der Waals surface area contributed by atoms with Gasteiger partial charge in [0.25, 0.3) is 0 Å². The molecular weight excluding hydrogens is 264 g/mol. The average molecular weight is 286 g/mol. The normalized spacial score (nSPS) is 30.1. The molecule has 2 aliphatic rings.